The molecule has 248 valence electrons. The summed E-state index contributed by atoms with van der Waals surface area (Å²) in [5.74, 6) is 0.435. The van der Waals surface area contributed by atoms with Crippen molar-refractivity contribution in [2.24, 2.45) is 4.99 Å². The highest BCUT2D eigenvalue weighted by molar-refractivity contribution is 8.14. The van der Waals surface area contributed by atoms with E-state index in [2.05, 4.69) is 25.1 Å². The van der Waals surface area contributed by atoms with Crippen LogP contribution in [0.15, 0.2) is 78.0 Å². The lowest BCUT2D eigenvalue weighted by Gasteiger charge is -2.37. The first kappa shape index (κ1) is 33.9. The molecular weight excluding hydrogens is 639 g/mol. The van der Waals surface area contributed by atoms with Crippen molar-refractivity contribution < 1.29 is 31.5 Å². The molecule has 1 fully saturated rings. The van der Waals surface area contributed by atoms with E-state index in [0.717, 1.165) is 23.4 Å². The van der Waals surface area contributed by atoms with Gasteiger partial charge in [-0.25, -0.2) is 23.2 Å². The number of ether oxygens (including phenoxy) is 1. The number of nitrogens with one attached hydrogen (secondary N) is 1. The highest BCUT2D eigenvalue weighted by atomic mass is 32.2. The van der Waals surface area contributed by atoms with Crippen molar-refractivity contribution in [3.63, 3.8) is 0 Å². The molecule has 0 bridgehead atoms. The van der Waals surface area contributed by atoms with Crippen LogP contribution >= 0.6 is 11.8 Å². The number of carbonyl (C=O) groups excluding carboxylic acids is 1. The predicted molar refractivity (Wildman–Crippen MR) is 172 cm³/mol. The minimum atomic E-state index is -4.79. The Bertz CT molecular complexity index is 1730. The zero-order valence-corrected chi connectivity index (χ0v) is 26.8. The molecule has 0 radical (unpaired) electrons. The van der Waals surface area contributed by atoms with E-state index in [0.29, 0.717) is 27.8 Å². The second-order valence-corrected chi connectivity index (χ2v) is 12.5. The molecular formula is C33H33F5N6O2S. The first-order chi connectivity index (χ1) is 22.3. The first-order valence-corrected chi connectivity index (χ1v) is 15.9. The zero-order chi connectivity index (χ0) is 33.9. The van der Waals surface area contributed by atoms with Crippen molar-refractivity contribution >= 4 is 28.6 Å². The highest BCUT2D eigenvalue weighted by Crippen LogP contribution is 2.35. The van der Waals surface area contributed by atoms with Gasteiger partial charge in [-0.2, -0.15) is 4.99 Å². The number of benzene rings is 3. The molecule has 14 heteroatoms. The van der Waals surface area contributed by atoms with Crippen molar-refractivity contribution in [3.8, 4) is 22.8 Å². The lowest BCUT2D eigenvalue weighted by Crippen LogP contribution is -2.43. The molecule has 2 amide bonds. The van der Waals surface area contributed by atoms with E-state index in [1.54, 1.807) is 37.3 Å². The van der Waals surface area contributed by atoms with Crippen molar-refractivity contribution in [2.75, 3.05) is 10.7 Å². The molecule has 8 nitrogen and oxygen atoms in total. The molecule has 0 saturated carbocycles. The van der Waals surface area contributed by atoms with Gasteiger partial charge in [-0.15, -0.1) is 18.3 Å². The van der Waals surface area contributed by atoms with Gasteiger partial charge in [-0.3, -0.25) is 0 Å². The number of amidine groups is 1. The van der Waals surface area contributed by atoms with Crippen LogP contribution in [0.1, 0.15) is 57.3 Å². The Morgan fingerprint density at radius 1 is 1.06 bits per heavy atom. The second kappa shape index (κ2) is 14.1. The molecule has 5 rings (SSSR count). The number of aliphatic imine (C=N–C) groups is 1. The number of hydrogen-bond donors (Lipinski definition) is 1. The quantitative estimate of drug-likeness (QED) is 0.189. The Balaban J connectivity index is 1.24. The maximum atomic E-state index is 15.5. The van der Waals surface area contributed by atoms with Crippen LogP contribution < -0.4 is 15.0 Å². The van der Waals surface area contributed by atoms with Crippen molar-refractivity contribution in [1.29, 1.82) is 0 Å². The zero-order valence-electron chi connectivity index (χ0n) is 26.0. The molecule has 1 aliphatic rings. The fraction of sp³-hybridized carbons (Fsp3) is 0.333. The van der Waals surface area contributed by atoms with Gasteiger partial charge < -0.3 is 15.0 Å². The van der Waals surface area contributed by atoms with Gasteiger partial charge in [-0.05, 0) is 79.8 Å². The summed E-state index contributed by atoms with van der Waals surface area (Å²) >= 11 is 1.42. The fourth-order valence-electron chi connectivity index (χ4n) is 5.15. The third kappa shape index (κ3) is 8.28. The van der Waals surface area contributed by atoms with Crippen LogP contribution in [0.3, 0.4) is 0 Å². The van der Waals surface area contributed by atoms with E-state index in [1.165, 1.54) is 59.2 Å². The summed E-state index contributed by atoms with van der Waals surface area (Å²) in [5, 5.41) is 7.48. The topological polar surface area (TPSA) is 84.6 Å². The molecule has 3 unspecified atom stereocenters. The minimum Gasteiger partial charge on any atom is -0.406 e. The molecule has 1 aromatic heterocycles. The largest absolute Gasteiger partial charge is 0.573 e. The molecule has 2 heterocycles. The molecule has 0 spiro atoms. The van der Waals surface area contributed by atoms with Crippen LogP contribution in [-0.4, -0.2) is 50.2 Å². The number of rotatable bonds is 8. The number of anilines is 1. The summed E-state index contributed by atoms with van der Waals surface area (Å²) < 4.78 is 72.2. The minimum absolute atomic E-state index is 0.0231. The number of halogens is 5. The van der Waals surface area contributed by atoms with Gasteiger partial charge in [0.05, 0.1) is 11.7 Å². The van der Waals surface area contributed by atoms with Crippen LogP contribution in [0.25, 0.3) is 17.1 Å². The SMILES string of the molecule is CC(C)c1cc(F)ccc1N1C(=NC(=O)NC(C)C(F)c2ccc(-c3ncn(-c4ccc(OC(F)(F)F)cc4)n3)cc2)SCCC1C. The van der Waals surface area contributed by atoms with Crippen molar-refractivity contribution in [3.05, 3.63) is 90.0 Å². The van der Waals surface area contributed by atoms with Gasteiger partial charge in [0, 0.05) is 23.0 Å². The number of urea groups is 1. The predicted octanol–water partition coefficient (Wildman–Crippen LogP) is 8.59. The highest BCUT2D eigenvalue weighted by Gasteiger charge is 2.31. The Labute approximate surface area is 273 Å². The number of hydrogen-bond acceptors (Lipinski definition) is 5. The normalized spacial score (nSPS) is 17.5. The first-order valence-electron chi connectivity index (χ1n) is 14.9. The van der Waals surface area contributed by atoms with E-state index >= 15 is 4.39 Å². The summed E-state index contributed by atoms with van der Waals surface area (Å²) in [4.78, 5) is 23.5. The van der Waals surface area contributed by atoms with Crippen LogP contribution in [-0.2, 0) is 0 Å². The van der Waals surface area contributed by atoms with Gasteiger partial charge in [0.1, 0.15) is 24.1 Å². The maximum absolute atomic E-state index is 15.5. The number of alkyl halides is 4. The molecule has 1 N–H and O–H groups in total. The number of aromatic nitrogens is 3. The van der Waals surface area contributed by atoms with Crippen LogP contribution in [0.5, 0.6) is 5.75 Å². The van der Waals surface area contributed by atoms with Gasteiger partial charge in [0.25, 0.3) is 0 Å². The van der Waals surface area contributed by atoms with E-state index in [-0.39, 0.29) is 23.5 Å². The van der Waals surface area contributed by atoms with E-state index in [4.69, 9.17) is 0 Å². The van der Waals surface area contributed by atoms with E-state index in [9.17, 15) is 22.4 Å². The number of nitrogens with zero attached hydrogens (tertiary/aromatic N) is 5. The summed E-state index contributed by atoms with van der Waals surface area (Å²) in [6, 6.07) is 14.6. The van der Waals surface area contributed by atoms with Crippen LogP contribution in [0, 0.1) is 5.82 Å². The lowest BCUT2D eigenvalue weighted by atomic mass is 9.99. The molecule has 1 aliphatic heterocycles. The molecule has 0 aliphatic carbocycles. The Morgan fingerprint density at radius 2 is 1.77 bits per heavy atom. The monoisotopic (exact) mass is 672 g/mol. The van der Waals surface area contributed by atoms with E-state index in [1.807, 2.05) is 25.7 Å². The smallest absolute Gasteiger partial charge is 0.406 e. The standard InChI is InChI=1S/C33H33F5N6O2S/c1-19(2)27-17-24(34)9-14-28(27)44-20(3)15-16-47-32(44)41-31(45)40-21(4)29(35)22-5-7-23(8-6-22)30-39-18-43(42-30)25-10-12-26(13-11-25)46-33(36,37)38/h5-14,17-21,29H,15-16H2,1-4H3,(H,40,45). The van der Waals surface area contributed by atoms with E-state index < -0.39 is 24.6 Å². The van der Waals surface area contributed by atoms with Crippen LogP contribution in [0.2, 0.25) is 0 Å². The summed E-state index contributed by atoms with van der Waals surface area (Å²) in [7, 11) is 0. The Morgan fingerprint density at radius 3 is 2.43 bits per heavy atom. The maximum Gasteiger partial charge on any atom is 0.573 e. The number of carbonyl (C=O) groups is 1. The molecule has 4 aromatic rings. The molecule has 47 heavy (non-hydrogen) atoms. The van der Waals surface area contributed by atoms with Crippen molar-refractivity contribution in [1.82, 2.24) is 20.1 Å². The van der Waals surface area contributed by atoms with Crippen LogP contribution in [0.4, 0.5) is 32.4 Å². The Hall–Kier alpha value is -4.46. The van der Waals surface area contributed by atoms with Gasteiger partial charge in [0.15, 0.2) is 11.0 Å². The summed E-state index contributed by atoms with van der Waals surface area (Å²) in [5.41, 5.74) is 2.98. The molecule has 3 aromatic carbocycles. The van der Waals surface area contributed by atoms with Gasteiger partial charge in [0.2, 0.25) is 0 Å². The third-order valence-electron chi connectivity index (χ3n) is 7.59. The summed E-state index contributed by atoms with van der Waals surface area (Å²) in [6.45, 7) is 7.53. The number of thioether (sulfide) groups is 1. The second-order valence-electron chi connectivity index (χ2n) is 11.4. The average Bonchev–Trinajstić information content (AvgIpc) is 3.51. The van der Waals surface area contributed by atoms with Crippen molar-refractivity contribution in [2.45, 2.75) is 64.7 Å². The molecule has 3 atom stereocenters. The Kier molecular flexibility index (Phi) is 10.2. The third-order valence-corrected chi connectivity index (χ3v) is 8.57. The van der Waals surface area contributed by atoms with Gasteiger partial charge >= 0.3 is 12.4 Å². The molecule has 1 saturated heterocycles. The average molecular weight is 673 g/mol. The number of amides is 2. The lowest BCUT2D eigenvalue weighted by molar-refractivity contribution is -0.274. The summed E-state index contributed by atoms with van der Waals surface area (Å²) in [6.07, 6.45) is -4.08. The van der Waals surface area contributed by atoms with Gasteiger partial charge in [-0.1, -0.05) is 49.9 Å². The fourth-order valence-corrected chi connectivity index (χ4v) is 6.36.